The fourth-order valence-electron chi connectivity index (χ4n) is 5.48. The lowest BCUT2D eigenvalue weighted by Gasteiger charge is -2.36. The Morgan fingerprint density at radius 3 is 1.73 bits per heavy atom. The molecule has 2 unspecified atom stereocenters. The van der Waals surface area contributed by atoms with Crippen molar-refractivity contribution in [3.63, 3.8) is 0 Å². The third-order valence-corrected chi connectivity index (χ3v) is 8.38. The number of amides is 2. The molecule has 4 aromatic rings. The van der Waals surface area contributed by atoms with Gasteiger partial charge in [-0.05, 0) is 82.4 Å². The summed E-state index contributed by atoms with van der Waals surface area (Å²) in [5.41, 5.74) is 2.93. The molecule has 0 fully saturated rings. The van der Waals surface area contributed by atoms with E-state index in [1.165, 1.54) is 24.3 Å². The van der Waals surface area contributed by atoms with Crippen LogP contribution in [0.1, 0.15) is 43.0 Å². The van der Waals surface area contributed by atoms with Crippen LogP contribution in [0.5, 0.6) is 0 Å². The first-order chi connectivity index (χ1) is 24.9. The van der Waals surface area contributed by atoms with Crippen molar-refractivity contribution < 1.29 is 39.3 Å². The fraction of sp³-hybridized carbons (Fsp3) is 0.0976. The average molecular weight is 698 g/mol. The first kappa shape index (κ1) is 36.3. The van der Waals surface area contributed by atoms with E-state index in [4.69, 9.17) is 10.2 Å². The molecule has 2 amide bonds. The van der Waals surface area contributed by atoms with Gasteiger partial charge in [0.1, 0.15) is 5.92 Å². The summed E-state index contributed by atoms with van der Waals surface area (Å²) in [4.78, 5) is 62.6. The molecular weight excluding hydrogens is 662 g/mol. The molecule has 52 heavy (non-hydrogen) atoms. The van der Waals surface area contributed by atoms with E-state index in [1.807, 2.05) is 24.3 Å². The van der Waals surface area contributed by atoms with Gasteiger partial charge in [-0.25, -0.2) is 4.79 Å². The molecule has 1 aliphatic rings. The number of carbonyl (C=O) groups is 5. The van der Waals surface area contributed by atoms with Crippen LogP contribution in [0, 0.1) is 5.92 Å². The van der Waals surface area contributed by atoms with Gasteiger partial charge in [0.2, 0.25) is 0 Å². The Morgan fingerprint density at radius 1 is 0.673 bits per heavy atom. The summed E-state index contributed by atoms with van der Waals surface area (Å²) in [6.45, 7) is 0. The lowest BCUT2D eigenvalue weighted by molar-refractivity contribution is -0.144. The van der Waals surface area contributed by atoms with Gasteiger partial charge in [0.05, 0.1) is 12.0 Å². The second-order valence-electron chi connectivity index (χ2n) is 11.9. The molecule has 11 nitrogen and oxygen atoms in total. The molecule has 5 rings (SSSR count). The number of carbonyl (C=O) groups excluding carboxylic acids is 2. The van der Waals surface area contributed by atoms with Crippen LogP contribution in [-0.2, 0) is 20.8 Å². The molecule has 0 aliphatic heterocycles. The number of aliphatic carboxylic acids is 2. The topological polar surface area (TPSA) is 182 Å². The normalized spacial score (nSPS) is 16.6. The second kappa shape index (κ2) is 16.1. The molecule has 4 aromatic carbocycles. The van der Waals surface area contributed by atoms with Crippen molar-refractivity contribution in [1.29, 1.82) is 0 Å². The zero-order chi connectivity index (χ0) is 37.3. The molecule has 0 radical (unpaired) electrons. The van der Waals surface area contributed by atoms with Crippen molar-refractivity contribution in [3.05, 3.63) is 160 Å². The molecule has 0 aromatic heterocycles. The molecule has 0 saturated carbocycles. The van der Waals surface area contributed by atoms with Crippen LogP contribution in [-0.4, -0.2) is 57.6 Å². The molecule has 0 bridgehead atoms. The Bertz CT molecular complexity index is 2100. The fourth-order valence-corrected chi connectivity index (χ4v) is 5.48. The summed E-state index contributed by atoms with van der Waals surface area (Å²) >= 11 is 0. The SMILES string of the molecule is CNc1ccc(C(=O)NC2(C(=O)Nc3ccc(/C=C/c4ccc(CC(=O)O)cc4)cc3)C=CC(/C=C/c3ccc(C(=O)O)cc3)=CC2C(=O)O)cc1. The molecular formula is C41H35N3O8. The van der Waals surface area contributed by atoms with Gasteiger partial charge in [0, 0.05) is 24.0 Å². The van der Waals surface area contributed by atoms with E-state index < -0.39 is 41.2 Å². The second-order valence-corrected chi connectivity index (χ2v) is 11.9. The number of hydrogen-bond donors (Lipinski definition) is 6. The minimum Gasteiger partial charge on any atom is -0.481 e. The maximum Gasteiger partial charge on any atom is 0.335 e. The molecule has 1 aliphatic carbocycles. The predicted octanol–water partition coefficient (Wildman–Crippen LogP) is 6.24. The van der Waals surface area contributed by atoms with E-state index in [2.05, 4.69) is 16.0 Å². The highest BCUT2D eigenvalue weighted by Crippen LogP contribution is 2.31. The number of carboxylic acid groups (broad SMARTS) is 3. The van der Waals surface area contributed by atoms with Crippen LogP contribution in [0.3, 0.4) is 0 Å². The number of aromatic carboxylic acids is 1. The molecule has 262 valence electrons. The van der Waals surface area contributed by atoms with E-state index in [9.17, 15) is 29.1 Å². The van der Waals surface area contributed by atoms with Gasteiger partial charge in [-0.1, -0.05) is 85.0 Å². The van der Waals surface area contributed by atoms with E-state index in [1.54, 1.807) is 98.1 Å². The highest BCUT2D eigenvalue weighted by atomic mass is 16.4. The molecule has 0 heterocycles. The average Bonchev–Trinajstić information content (AvgIpc) is 3.14. The van der Waals surface area contributed by atoms with Gasteiger partial charge in [0.15, 0.2) is 5.54 Å². The van der Waals surface area contributed by atoms with Gasteiger partial charge in [-0.2, -0.15) is 0 Å². The number of carboxylic acids is 3. The van der Waals surface area contributed by atoms with Crippen molar-refractivity contribution in [2.24, 2.45) is 5.92 Å². The number of nitrogens with one attached hydrogen (secondary N) is 3. The zero-order valence-electron chi connectivity index (χ0n) is 27.9. The number of allylic oxidation sites excluding steroid dienone is 3. The minimum atomic E-state index is -2.03. The quantitative estimate of drug-likeness (QED) is 0.0881. The van der Waals surface area contributed by atoms with Crippen LogP contribution < -0.4 is 16.0 Å². The first-order valence-electron chi connectivity index (χ1n) is 16.1. The van der Waals surface area contributed by atoms with Crippen molar-refractivity contribution >= 4 is 59.3 Å². The molecule has 6 N–H and O–H groups in total. The highest BCUT2D eigenvalue weighted by Gasteiger charge is 2.49. The highest BCUT2D eigenvalue weighted by molar-refractivity contribution is 6.08. The lowest BCUT2D eigenvalue weighted by atomic mass is 9.77. The maximum atomic E-state index is 14.1. The summed E-state index contributed by atoms with van der Waals surface area (Å²) in [5, 5.41) is 37.0. The summed E-state index contributed by atoms with van der Waals surface area (Å²) in [7, 11) is 1.73. The minimum absolute atomic E-state index is 0.0596. The zero-order valence-corrected chi connectivity index (χ0v) is 27.9. The van der Waals surface area contributed by atoms with Crippen LogP contribution in [0.15, 0.2) is 127 Å². The van der Waals surface area contributed by atoms with Crippen molar-refractivity contribution in [1.82, 2.24) is 5.32 Å². The monoisotopic (exact) mass is 697 g/mol. The number of benzene rings is 4. The van der Waals surface area contributed by atoms with E-state index in [0.717, 1.165) is 16.8 Å². The first-order valence-corrected chi connectivity index (χ1v) is 16.1. The van der Waals surface area contributed by atoms with Crippen LogP contribution >= 0.6 is 0 Å². The van der Waals surface area contributed by atoms with Crippen LogP contribution in [0.2, 0.25) is 0 Å². The summed E-state index contributed by atoms with van der Waals surface area (Å²) in [5.74, 6) is -6.26. The largest absolute Gasteiger partial charge is 0.481 e. The standard InChI is InChI=1S/C41H35N3O8/c1-42-33-20-16-31(17-21-33)37(47)44-41(23-22-30(24-35(41)39(50)51)9-6-27-10-14-32(15-11-27)38(48)49)40(52)43-34-18-12-28(13-19-34)3-2-26-4-7-29(8-5-26)25-36(45)46/h2-24,35,42H,25H2,1H3,(H,43,52)(H,44,47)(H,45,46)(H,48,49)(H,50,51)/b3-2+,9-6+. The van der Waals surface area contributed by atoms with Gasteiger partial charge in [0.25, 0.3) is 11.8 Å². The Hall–Kier alpha value is -7.01. The molecule has 2 atom stereocenters. The van der Waals surface area contributed by atoms with E-state index in [0.29, 0.717) is 22.4 Å². The van der Waals surface area contributed by atoms with Crippen molar-refractivity contribution in [2.75, 3.05) is 17.7 Å². The Labute approximate surface area is 299 Å². The summed E-state index contributed by atoms with van der Waals surface area (Å²) in [6.07, 6.45) is 11.3. The van der Waals surface area contributed by atoms with Gasteiger partial charge >= 0.3 is 17.9 Å². The molecule has 11 heteroatoms. The summed E-state index contributed by atoms with van der Waals surface area (Å²) in [6, 6.07) is 26.6. The Balaban J connectivity index is 1.39. The Morgan fingerprint density at radius 2 is 1.19 bits per heavy atom. The maximum absolute atomic E-state index is 14.1. The number of anilines is 2. The number of hydrogen-bond acceptors (Lipinski definition) is 6. The smallest absolute Gasteiger partial charge is 0.335 e. The van der Waals surface area contributed by atoms with E-state index >= 15 is 0 Å². The van der Waals surface area contributed by atoms with Crippen LogP contribution in [0.4, 0.5) is 11.4 Å². The third kappa shape index (κ3) is 8.96. The van der Waals surface area contributed by atoms with Gasteiger partial charge in [-0.15, -0.1) is 0 Å². The predicted molar refractivity (Wildman–Crippen MR) is 199 cm³/mol. The lowest BCUT2D eigenvalue weighted by Crippen LogP contribution is -2.62. The van der Waals surface area contributed by atoms with Crippen molar-refractivity contribution in [3.8, 4) is 0 Å². The van der Waals surface area contributed by atoms with E-state index in [-0.39, 0.29) is 17.5 Å². The van der Waals surface area contributed by atoms with Gasteiger partial charge < -0.3 is 31.3 Å². The third-order valence-electron chi connectivity index (χ3n) is 8.38. The Kier molecular flexibility index (Phi) is 11.3. The number of rotatable bonds is 13. The van der Waals surface area contributed by atoms with Crippen molar-refractivity contribution in [2.45, 2.75) is 12.0 Å². The van der Waals surface area contributed by atoms with Gasteiger partial charge in [-0.3, -0.25) is 19.2 Å². The van der Waals surface area contributed by atoms with Crippen LogP contribution in [0.25, 0.3) is 18.2 Å². The molecule has 0 saturated heterocycles. The molecule has 0 spiro atoms. The summed E-state index contributed by atoms with van der Waals surface area (Å²) < 4.78 is 0.